The molecule has 0 amide bonds. The molecule has 0 aliphatic rings. The summed E-state index contributed by atoms with van der Waals surface area (Å²) in [4.78, 5) is 9.05. The van der Waals surface area contributed by atoms with Crippen LogP contribution in [-0.4, -0.2) is 16.0 Å². The molecule has 0 spiro atoms. The van der Waals surface area contributed by atoms with Crippen LogP contribution in [0.5, 0.6) is 0 Å². The molecule has 2 heterocycles. The highest BCUT2D eigenvalue weighted by Crippen LogP contribution is 2.29. The van der Waals surface area contributed by atoms with Gasteiger partial charge < -0.3 is 15.1 Å². The summed E-state index contributed by atoms with van der Waals surface area (Å²) in [5.41, 5.74) is 0.799. The predicted molar refractivity (Wildman–Crippen MR) is 89.3 cm³/mol. The molecule has 0 radical (unpaired) electrons. The molecule has 22 heavy (non-hydrogen) atoms. The van der Waals surface area contributed by atoms with Crippen molar-refractivity contribution in [2.75, 3.05) is 10.6 Å². The highest BCUT2D eigenvalue weighted by atomic mass is 35.5. The average Bonchev–Trinajstić information content (AvgIpc) is 2.97. The molecule has 0 atom stereocenters. The summed E-state index contributed by atoms with van der Waals surface area (Å²) in [7, 11) is 0. The quantitative estimate of drug-likeness (QED) is 0.734. The van der Waals surface area contributed by atoms with Crippen LogP contribution in [0.3, 0.4) is 0 Å². The maximum absolute atomic E-state index is 6.32. The summed E-state index contributed by atoms with van der Waals surface area (Å²) in [5, 5.41) is 7.93. The Morgan fingerprint density at radius 3 is 2.77 bits per heavy atom. The van der Waals surface area contributed by atoms with E-state index < -0.39 is 0 Å². The van der Waals surface area contributed by atoms with E-state index in [4.69, 9.17) is 16.0 Å². The normalized spacial score (nSPS) is 11.1. The number of hydrogen-bond donors (Lipinski definition) is 2. The SMILES string of the molecule is CC(C)Nc1nc(NCc2ccco2)c2c(Cl)cccc2n1. The van der Waals surface area contributed by atoms with Gasteiger partial charge in [-0.3, -0.25) is 0 Å². The molecule has 0 fully saturated rings. The van der Waals surface area contributed by atoms with Crippen LogP contribution < -0.4 is 10.6 Å². The minimum atomic E-state index is 0.245. The first kappa shape index (κ1) is 14.7. The van der Waals surface area contributed by atoms with Crippen LogP contribution in [0.25, 0.3) is 10.9 Å². The van der Waals surface area contributed by atoms with Crippen LogP contribution in [0, 0.1) is 0 Å². The van der Waals surface area contributed by atoms with Crippen molar-refractivity contribution in [3.05, 3.63) is 47.4 Å². The predicted octanol–water partition coefficient (Wildman–Crippen LogP) is 4.31. The van der Waals surface area contributed by atoms with E-state index in [0.29, 0.717) is 23.3 Å². The molecule has 3 aromatic rings. The van der Waals surface area contributed by atoms with Gasteiger partial charge in [0.05, 0.1) is 28.7 Å². The molecule has 114 valence electrons. The molecule has 0 saturated heterocycles. The first-order valence-corrected chi connectivity index (χ1v) is 7.50. The van der Waals surface area contributed by atoms with E-state index in [9.17, 15) is 0 Å². The maximum atomic E-state index is 6.32. The van der Waals surface area contributed by atoms with Crippen molar-refractivity contribution in [1.29, 1.82) is 0 Å². The van der Waals surface area contributed by atoms with E-state index in [2.05, 4.69) is 20.6 Å². The van der Waals surface area contributed by atoms with Crippen molar-refractivity contribution in [1.82, 2.24) is 9.97 Å². The van der Waals surface area contributed by atoms with Gasteiger partial charge >= 0.3 is 0 Å². The molecule has 0 aliphatic heterocycles. The molecule has 1 aromatic carbocycles. The van der Waals surface area contributed by atoms with E-state index >= 15 is 0 Å². The van der Waals surface area contributed by atoms with Gasteiger partial charge in [0, 0.05) is 6.04 Å². The van der Waals surface area contributed by atoms with Crippen molar-refractivity contribution in [2.24, 2.45) is 0 Å². The van der Waals surface area contributed by atoms with Gasteiger partial charge in [0.25, 0.3) is 0 Å². The topological polar surface area (TPSA) is 63.0 Å². The highest BCUT2D eigenvalue weighted by molar-refractivity contribution is 6.36. The second-order valence-corrected chi connectivity index (χ2v) is 5.67. The molecular formula is C16H17ClN4O. The number of aromatic nitrogens is 2. The van der Waals surface area contributed by atoms with Crippen LogP contribution >= 0.6 is 11.6 Å². The molecule has 0 saturated carbocycles. The van der Waals surface area contributed by atoms with Gasteiger partial charge in [-0.15, -0.1) is 0 Å². The number of hydrogen-bond acceptors (Lipinski definition) is 5. The molecule has 2 N–H and O–H groups in total. The molecule has 0 aliphatic carbocycles. The Labute approximate surface area is 133 Å². The molecule has 6 heteroatoms. The van der Waals surface area contributed by atoms with Crippen molar-refractivity contribution in [2.45, 2.75) is 26.4 Å². The number of rotatable bonds is 5. The minimum Gasteiger partial charge on any atom is -0.467 e. The first-order valence-electron chi connectivity index (χ1n) is 7.12. The maximum Gasteiger partial charge on any atom is 0.225 e. The summed E-state index contributed by atoms with van der Waals surface area (Å²) >= 11 is 6.32. The van der Waals surface area contributed by atoms with Crippen LogP contribution in [0.4, 0.5) is 11.8 Å². The summed E-state index contributed by atoms with van der Waals surface area (Å²) in [6.07, 6.45) is 1.65. The minimum absolute atomic E-state index is 0.245. The van der Waals surface area contributed by atoms with Crippen molar-refractivity contribution < 1.29 is 4.42 Å². The number of fused-ring (bicyclic) bond motifs is 1. The second kappa shape index (κ2) is 6.23. The fraction of sp³-hybridized carbons (Fsp3) is 0.250. The zero-order valence-corrected chi connectivity index (χ0v) is 13.2. The Balaban J connectivity index is 2.00. The zero-order chi connectivity index (χ0) is 15.5. The number of nitrogens with zero attached hydrogens (tertiary/aromatic N) is 2. The van der Waals surface area contributed by atoms with E-state index in [0.717, 1.165) is 16.7 Å². The molecule has 0 bridgehead atoms. The first-order chi connectivity index (χ1) is 10.6. The smallest absolute Gasteiger partial charge is 0.225 e. The third kappa shape index (κ3) is 3.14. The fourth-order valence-electron chi connectivity index (χ4n) is 2.18. The van der Waals surface area contributed by atoms with Gasteiger partial charge in [-0.2, -0.15) is 4.98 Å². The Morgan fingerprint density at radius 1 is 1.18 bits per heavy atom. The lowest BCUT2D eigenvalue weighted by atomic mass is 10.2. The molecule has 5 nitrogen and oxygen atoms in total. The summed E-state index contributed by atoms with van der Waals surface area (Å²) in [6, 6.07) is 9.65. The van der Waals surface area contributed by atoms with E-state index in [1.54, 1.807) is 6.26 Å². The molecule has 3 rings (SSSR count). The monoisotopic (exact) mass is 316 g/mol. The van der Waals surface area contributed by atoms with E-state index in [1.165, 1.54) is 0 Å². The fourth-order valence-corrected chi connectivity index (χ4v) is 2.43. The van der Waals surface area contributed by atoms with Gasteiger partial charge in [0.15, 0.2) is 0 Å². The molecule has 0 unspecified atom stereocenters. The number of nitrogens with one attached hydrogen (secondary N) is 2. The number of anilines is 2. The average molecular weight is 317 g/mol. The standard InChI is InChI=1S/C16H17ClN4O/c1-10(2)19-16-20-13-7-3-6-12(17)14(13)15(21-16)18-9-11-5-4-8-22-11/h3-8,10H,9H2,1-2H3,(H2,18,19,20,21). The Morgan fingerprint density at radius 2 is 2.05 bits per heavy atom. The van der Waals surface area contributed by atoms with Crippen LogP contribution in [-0.2, 0) is 6.54 Å². The zero-order valence-electron chi connectivity index (χ0n) is 12.4. The van der Waals surface area contributed by atoms with Crippen LogP contribution in [0.15, 0.2) is 41.0 Å². The Bertz CT molecular complexity index is 771. The van der Waals surface area contributed by atoms with Crippen LogP contribution in [0.1, 0.15) is 19.6 Å². The molecular weight excluding hydrogens is 300 g/mol. The third-order valence-corrected chi connectivity index (χ3v) is 3.42. The second-order valence-electron chi connectivity index (χ2n) is 5.26. The highest BCUT2D eigenvalue weighted by Gasteiger charge is 2.11. The van der Waals surface area contributed by atoms with Crippen LogP contribution in [0.2, 0.25) is 5.02 Å². The van der Waals surface area contributed by atoms with Crippen molar-refractivity contribution in [3.8, 4) is 0 Å². The van der Waals surface area contributed by atoms with Gasteiger partial charge in [-0.25, -0.2) is 4.98 Å². The van der Waals surface area contributed by atoms with Gasteiger partial charge in [0.1, 0.15) is 11.6 Å². The van der Waals surface area contributed by atoms with Gasteiger partial charge in [0.2, 0.25) is 5.95 Å². The van der Waals surface area contributed by atoms with E-state index in [1.807, 2.05) is 44.2 Å². The number of furan rings is 1. The summed E-state index contributed by atoms with van der Waals surface area (Å²) < 4.78 is 5.34. The summed E-state index contributed by atoms with van der Waals surface area (Å²) in [5.74, 6) is 2.10. The third-order valence-electron chi connectivity index (χ3n) is 3.10. The Kier molecular flexibility index (Phi) is 4.15. The lowest BCUT2D eigenvalue weighted by Gasteiger charge is -2.13. The lowest BCUT2D eigenvalue weighted by molar-refractivity contribution is 0.518. The largest absolute Gasteiger partial charge is 0.467 e. The molecule has 2 aromatic heterocycles. The lowest BCUT2D eigenvalue weighted by Crippen LogP contribution is -2.14. The van der Waals surface area contributed by atoms with Crippen molar-refractivity contribution in [3.63, 3.8) is 0 Å². The van der Waals surface area contributed by atoms with Gasteiger partial charge in [-0.05, 0) is 38.1 Å². The van der Waals surface area contributed by atoms with Crippen molar-refractivity contribution >= 4 is 34.3 Å². The number of benzene rings is 1. The Hall–Kier alpha value is -2.27. The van der Waals surface area contributed by atoms with E-state index in [-0.39, 0.29) is 6.04 Å². The number of halogens is 1. The van der Waals surface area contributed by atoms with Gasteiger partial charge in [-0.1, -0.05) is 17.7 Å². The summed E-state index contributed by atoms with van der Waals surface area (Å²) in [6.45, 7) is 4.62.